The van der Waals surface area contributed by atoms with Crippen LogP contribution in [0.15, 0.2) is 17.1 Å². The number of aryl methyl sites for hydroxylation is 1. The first-order valence-corrected chi connectivity index (χ1v) is 6.57. The van der Waals surface area contributed by atoms with Crippen LogP contribution >= 0.6 is 0 Å². The number of hydrogen-bond donors (Lipinski definition) is 1. The molecule has 1 N–H and O–H groups in total. The van der Waals surface area contributed by atoms with Crippen molar-refractivity contribution in [2.75, 3.05) is 0 Å². The molecule has 0 aliphatic heterocycles. The Hall–Kier alpha value is -1.58. The number of rotatable bonds is 8. The minimum Gasteiger partial charge on any atom is -0.503 e. The Morgan fingerprint density at radius 3 is 2.56 bits per heavy atom. The lowest BCUT2D eigenvalue weighted by Gasteiger charge is -2.09. The van der Waals surface area contributed by atoms with Gasteiger partial charge in [-0.05, 0) is 6.42 Å². The summed E-state index contributed by atoms with van der Waals surface area (Å²) in [5.74, 6) is -0.299. The highest BCUT2D eigenvalue weighted by molar-refractivity contribution is 5.72. The number of unbranched alkanes of at least 4 members (excludes halogenated alkanes) is 5. The highest BCUT2D eigenvalue weighted by Crippen LogP contribution is 2.09. The van der Waals surface area contributed by atoms with Crippen LogP contribution in [0.25, 0.3) is 0 Å². The highest BCUT2D eigenvalue weighted by atomic mass is 16.3. The number of pyridine rings is 1. The molecule has 1 aromatic rings. The second-order valence-corrected chi connectivity index (χ2v) is 4.53. The molecule has 0 saturated carbocycles. The first-order chi connectivity index (χ1) is 8.69. The van der Waals surface area contributed by atoms with E-state index in [4.69, 9.17) is 0 Å². The molecule has 4 nitrogen and oxygen atoms in total. The summed E-state index contributed by atoms with van der Waals surface area (Å²) in [6.07, 6.45) is 8.97. The van der Waals surface area contributed by atoms with Crippen molar-refractivity contribution in [1.82, 2.24) is 4.57 Å². The van der Waals surface area contributed by atoms with Crippen LogP contribution in [0.2, 0.25) is 0 Å². The summed E-state index contributed by atoms with van der Waals surface area (Å²) >= 11 is 0. The molecule has 1 rings (SSSR count). The summed E-state index contributed by atoms with van der Waals surface area (Å²) in [5.41, 5.74) is -0.178. The van der Waals surface area contributed by atoms with Crippen molar-refractivity contribution in [3.63, 3.8) is 0 Å². The molecule has 1 heterocycles. The molecule has 100 valence electrons. The average Bonchev–Trinajstić information content (AvgIpc) is 2.37. The van der Waals surface area contributed by atoms with E-state index in [9.17, 15) is 14.7 Å². The fraction of sp³-hybridized carbons (Fsp3) is 0.571. The van der Waals surface area contributed by atoms with Crippen molar-refractivity contribution < 1.29 is 9.90 Å². The van der Waals surface area contributed by atoms with E-state index < -0.39 is 5.43 Å². The zero-order valence-electron chi connectivity index (χ0n) is 10.9. The van der Waals surface area contributed by atoms with Gasteiger partial charge >= 0.3 is 0 Å². The molecular formula is C14H21NO3. The molecule has 0 saturated heterocycles. The van der Waals surface area contributed by atoms with E-state index in [0.29, 0.717) is 18.5 Å². The third-order valence-electron chi connectivity index (χ3n) is 3.01. The fourth-order valence-electron chi connectivity index (χ4n) is 1.93. The van der Waals surface area contributed by atoms with Gasteiger partial charge in [0.2, 0.25) is 5.43 Å². The van der Waals surface area contributed by atoms with E-state index >= 15 is 0 Å². The van der Waals surface area contributed by atoms with Crippen LogP contribution in [0.5, 0.6) is 5.75 Å². The highest BCUT2D eigenvalue weighted by Gasteiger charge is 2.04. The smallest absolute Gasteiger partial charge is 0.223 e. The summed E-state index contributed by atoms with van der Waals surface area (Å²) in [6, 6.07) is 1.18. The Morgan fingerprint density at radius 1 is 1.22 bits per heavy atom. The van der Waals surface area contributed by atoms with Crippen molar-refractivity contribution in [2.45, 2.75) is 52.0 Å². The molecule has 0 aromatic carbocycles. The summed E-state index contributed by atoms with van der Waals surface area (Å²) in [4.78, 5) is 22.0. The minimum atomic E-state index is -0.503. The molecule has 0 fully saturated rings. The lowest BCUT2D eigenvalue weighted by Crippen LogP contribution is -2.12. The van der Waals surface area contributed by atoms with E-state index in [1.165, 1.54) is 37.9 Å². The standard InChI is InChI=1S/C14H21NO3/c1-2-3-4-5-6-7-8-15-10-14(18)13(17)9-12(15)11-16/h9-11,18H,2-8H2,1H3. The fourth-order valence-corrected chi connectivity index (χ4v) is 1.93. The van der Waals surface area contributed by atoms with Crippen LogP contribution in [0, 0.1) is 0 Å². The second kappa shape index (κ2) is 7.69. The Morgan fingerprint density at radius 2 is 1.89 bits per heavy atom. The van der Waals surface area contributed by atoms with E-state index in [1.54, 1.807) is 4.57 Å². The van der Waals surface area contributed by atoms with Crippen LogP contribution in [0.3, 0.4) is 0 Å². The Kier molecular flexibility index (Phi) is 6.19. The van der Waals surface area contributed by atoms with Gasteiger partial charge in [0.1, 0.15) is 0 Å². The summed E-state index contributed by atoms with van der Waals surface area (Å²) in [7, 11) is 0. The number of aldehydes is 1. The SMILES string of the molecule is CCCCCCCCn1cc(O)c(=O)cc1C=O. The molecule has 4 heteroatoms. The van der Waals surface area contributed by atoms with Crippen LogP contribution in [-0.2, 0) is 6.54 Å². The van der Waals surface area contributed by atoms with Gasteiger partial charge in [0.25, 0.3) is 0 Å². The molecule has 0 atom stereocenters. The average molecular weight is 251 g/mol. The van der Waals surface area contributed by atoms with Gasteiger partial charge in [-0.2, -0.15) is 0 Å². The number of nitrogens with zero attached hydrogens (tertiary/aromatic N) is 1. The predicted octanol–water partition coefficient (Wildman–Crippen LogP) is 2.73. The summed E-state index contributed by atoms with van der Waals surface area (Å²) in [5, 5.41) is 9.34. The zero-order valence-corrected chi connectivity index (χ0v) is 10.9. The first-order valence-electron chi connectivity index (χ1n) is 6.57. The maximum Gasteiger partial charge on any atom is 0.223 e. The Balaban J connectivity index is 2.49. The van der Waals surface area contributed by atoms with Crippen LogP contribution in [-0.4, -0.2) is 16.0 Å². The van der Waals surface area contributed by atoms with Gasteiger partial charge in [-0.3, -0.25) is 9.59 Å². The summed E-state index contributed by atoms with van der Waals surface area (Å²) < 4.78 is 1.64. The number of aromatic nitrogens is 1. The monoisotopic (exact) mass is 251 g/mol. The minimum absolute atomic E-state index is 0.299. The molecule has 0 unspecified atom stereocenters. The quantitative estimate of drug-likeness (QED) is 0.571. The van der Waals surface area contributed by atoms with Crippen molar-refractivity contribution >= 4 is 6.29 Å². The third kappa shape index (κ3) is 4.35. The van der Waals surface area contributed by atoms with Gasteiger partial charge in [0.05, 0.1) is 11.9 Å². The predicted molar refractivity (Wildman–Crippen MR) is 71.1 cm³/mol. The van der Waals surface area contributed by atoms with Gasteiger partial charge in [0.15, 0.2) is 12.0 Å². The number of aromatic hydroxyl groups is 1. The summed E-state index contributed by atoms with van der Waals surface area (Å²) in [6.45, 7) is 2.84. The van der Waals surface area contributed by atoms with Crippen LogP contribution in [0.4, 0.5) is 0 Å². The van der Waals surface area contributed by atoms with Crippen molar-refractivity contribution in [2.24, 2.45) is 0 Å². The molecule has 18 heavy (non-hydrogen) atoms. The Labute approximate surface area is 107 Å². The van der Waals surface area contributed by atoms with Crippen LogP contribution < -0.4 is 5.43 Å². The second-order valence-electron chi connectivity index (χ2n) is 4.53. The lowest BCUT2D eigenvalue weighted by molar-refractivity contribution is 0.111. The molecule has 0 radical (unpaired) electrons. The van der Waals surface area contributed by atoms with Crippen LogP contribution in [0.1, 0.15) is 55.9 Å². The molecule has 1 aromatic heterocycles. The first kappa shape index (κ1) is 14.5. The molecule has 0 aliphatic carbocycles. The topological polar surface area (TPSA) is 59.3 Å². The molecule has 0 bridgehead atoms. The zero-order chi connectivity index (χ0) is 13.4. The van der Waals surface area contributed by atoms with E-state index in [1.807, 2.05) is 0 Å². The molecule has 0 spiro atoms. The lowest BCUT2D eigenvalue weighted by atomic mass is 10.1. The van der Waals surface area contributed by atoms with Crippen molar-refractivity contribution in [3.05, 3.63) is 28.2 Å². The third-order valence-corrected chi connectivity index (χ3v) is 3.01. The van der Waals surface area contributed by atoms with Gasteiger partial charge in [-0.15, -0.1) is 0 Å². The van der Waals surface area contributed by atoms with Gasteiger partial charge < -0.3 is 9.67 Å². The van der Waals surface area contributed by atoms with Gasteiger partial charge in [-0.25, -0.2) is 0 Å². The van der Waals surface area contributed by atoms with E-state index in [2.05, 4.69) is 6.92 Å². The number of carbonyl (C=O) groups is 1. The molecular weight excluding hydrogens is 230 g/mol. The van der Waals surface area contributed by atoms with Crippen molar-refractivity contribution in [1.29, 1.82) is 0 Å². The van der Waals surface area contributed by atoms with Gasteiger partial charge in [0, 0.05) is 12.6 Å². The Bertz CT molecular complexity index is 437. The maximum atomic E-state index is 11.2. The van der Waals surface area contributed by atoms with Gasteiger partial charge in [-0.1, -0.05) is 39.0 Å². The van der Waals surface area contributed by atoms with Crippen molar-refractivity contribution in [3.8, 4) is 5.75 Å². The normalized spacial score (nSPS) is 10.5. The largest absolute Gasteiger partial charge is 0.503 e. The molecule has 0 aliphatic rings. The number of hydrogen-bond acceptors (Lipinski definition) is 3. The van der Waals surface area contributed by atoms with E-state index in [-0.39, 0.29) is 5.75 Å². The molecule has 0 amide bonds. The van der Waals surface area contributed by atoms with E-state index in [0.717, 1.165) is 12.8 Å². The number of carbonyl (C=O) groups excluding carboxylic acids is 1. The maximum absolute atomic E-state index is 11.2.